The molecule has 0 aliphatic rings. The van der Waals surface area contributed by atoms with Gasteiger partial charge in [0.15, 0.2) is 0 Å². The van der Waals surface area contributed by atoms with E-state index in [-0.39, 0.29) is 71.9 Å². The van der Waals surface area contributed by atoms with E-state index in [4.69, 9.17) is 28.4 Å². The zero-order valence-corrected chi connectivity index (χ0v) is 26.9. The van der Waals surface area contributed by atoms with Crippen LogP contribution in [0.1, 0.15) is 16.7 Å². The Balaban J connectivity index is 1.93. The lowest BCUT2D eigenvalue weighted by Crippen LogP contribution is -2.23. The zero-order valence-electron chi connectivity index (χ0n) is 26.9. The highest BCUT2D eigenvalue weighted by Crippen LogP contribution is 2.40. The Bertz CT molecular complexity index is 1520. The van der Waals surface area contributed by atoms with Crippen molar-refractivity contribution in [1.82, 2.24) is 9.97 Å². The van der Waals surface area contributed by atoms with Gasteiger partial charge in [0.25, 0.3) is 11.8 Å². The Morgan fingerprint density at radius 1 is 0.673 bits per heavy atom. The van der Waals surface area contributed by atoms with Crippen molar-refractivity contribution in [2.45, 2.75) is 19.3 Å². The lowest BCUT2D eigenvalue weighted by atomic mass is 9.94. The molecule has 2 aromatic carbocycles. The molecule has 0 saturated heterocycles. The third kappa shape index (κ3) is 12.5. The van der Waals surface area contributed by atoms with Crippen LogP contribution in [0.4, 0.5) is 38.1 Å². The maximum Gasteiger partial charge on any atom is 0.416 e. The molecule has 18 heteroatoms. The summed E-state index contributed by atoms with van der Waals surface area (Å²) < 4.78 is 113. The van der Waals surface area contributed by atoms with Crippen molar-refractivity contribution in [2.24, 2.45) is 0 Å². The van der Waals surface area contributed by atoms with Crippen LogP contribution in [0.5, 0.6) is 0 Å². The van der Waals surface area contributed by atoms with Crippen LogP contribution in [0.15, 0.2) is 30.3 Å². The van der Waals surface area contributed by atoms with Gasteiger partial charge in [-0.15, -0.1) is 0 Å². The molecule has 0 saturated carbocycles. The monoisotopic (exact) mass is 706 g/mol. The summed E-state index contributed by atoms with van der Waals surface area (Å²) in [6.45, 7) is 2.53. The van der Waals surface area contributed by atoms with E-state index in [1.165, 1.54) is 33.3 Å². The number of nitrogens with one attached hydrogen (secondary N) is 2. The summed E-state index contributed by atoms with van der Waals surface area (Å²) in [5, 5.41) is 5.07. The molecular weight excluding hydrogens is 670 g/mol. The molecular formula is C31H36F6N4O8. The van der Waals surface area contributed by atoms with E-state index in [1.807, 2.05) is 0 Å². The molecule has 1 heterocycles. The molecule has 0 aliphatic heterocycles. The maximum atomic E-state index is 13.6. The smallest absolute Gasteiger partial charge is 0.382 e. The first-order chi connectivity index (χ1) is 23.2. The van der Waals surface area contributed by atoms with E-state index in [1.54, 1.807) is 0 Å². The SMILES string of the molecule is COCCOCCOCC(=O)Nc1nc(NC(=O)COCCOCCOC)c2c(C)c(-c3cc(C(F)(F)F)cc(C(F)(F)F)c3)ccc2n1. The lowest BCUT2D eigenvalue weighted by Gasteiger charge is -2.18. The Labute approximate surface area is 277 Å². The van der Waals surface area contributed by atoms with E-state index in [0.717, 1.165) is 0 Å². The number of carbonyl (C=O) groups excluding carboxylic acids is 2. The molecule has 0 aliphatic carbocycles. The standard InChI is InChI=1S/C31H36F6N4O8/c1-19-23(20-14-21(30(32,33)34)16-22(15-20)31(35,36)37)4-5-24-27(19)28(39-25(42)17-48-12-10-46-8-6-44-2)41-29(38-24)40-26(43)18-49-13-11-47-9-7-45-3/h4-5,14-16H,6-13,17-18H2,1-3H3,(H2,38,39,40,41,42,43). The number of methoxy groups -OCH3 is 2. The largest absolute Gasteiger partial charge is 0.416 e. The number of anilines is 2. The number of benzene rings is 2. The van der Waals surface area contributed by atoms with Gasteiger partial charge in [-0.3, -0.25) is 14.9 Å². The number of aromatic nitrogens is 2. The fourth-order valence-electron chi connectivity index (χ4n) is 4.34. The summed E-state index contributed by atoms with van der Waals surface area (Å²) in [4.78, 5) is 33.9. The number of hydrogen-bond acceptors (Lipinski definition) is 10. The number of amides is 2. The number of nitrogens with zero attached hydrogens (tertiary/aromatic N) is 2. The normalized spacial score (nSPS) is 12.0. The van der Waals surface area contributed by atoms with Gasteiger partial charge in [-0.2, -0.15) is 31.3 Å². The Morgan fingerprint density at radius 2 is 1.16 bits per heavy atom. The molecule has 0 spiro atoms. The number of halogens is 6. The van der Waals surface area contributed by atoms with Crippen molar-refractivity contribution in [1.29, 1.82) is 0 Å². The van der Waals surface area contributed by atoms with Crippen molar-refractivity contribution < 1.29 is 64.4 Å². The van der Waals surface area contributed by atoms with Crippen LogP contribution < -0.4 is 10.6 Å². The fraction of sp³-hybridized carbons (Fsp3) is 0.484. The van der Waals surface area contributed by atoms with Gasteiger partial charge in [0, 0.05) is 19.6 Å². The number of alkyl halides is 6. The van der Waals surface area contributed by atoms with Gasteiger partial charge in [-0.25, -0.2) is 4.98 Å². The molecule has 270 valence electrons. The number of ether oxygens (including phenoxy) is 6. The second-order valence-electron chi connectivity index (χ2n) is 10.2. The minimum absolute atomic E-state index is 0.00874. The Kier molecular flexibility index (Phi) is 15.1. The number of hydrogen-bond donors (Lipinski definition) is 2. The first-order valence-electron chi connectivity index (χ1n) is 14.7. The van der Waals surface area contributed by atoms with Crippen LogP contribution in [0, 0.1) is 6.92 Å². The van der Waals surface area contributed by atoms with Gasteiger partial charge >= 0.3 is 12.4 Å². The minimum atomic E-state index is -5.06. The van der Waals surface area contributed by atoms with E-state index in [2.05, 4.69) is 20.6 Å². The average molecular weight is 707 g/mol. The predicted octanol–water partition coefficient (Wildman–Crippen LogP) is 4.88. The Morgan fingerprint density at radius 3 is 1.67 bits per heavy atom. The molecule has 1 aromatic heterocycles. The van der Waals surface area contributed by atoms with Crippen molar-refractivity contribution >= 4 is 34.5 Å². The van der Waals surface area contributed by atoms with Gasteiger partial charge < -0.3 is 33.7 Å². The maximum absolute atomic E-state index is 13.6. The van der Waals surface area contributed by atoms with Crippen LogP contribution in [-0.2, 0) is 50.4 Å². The highest BCUT2D eigenvalue weighted by molar-refractivity contribution is 6.04. The highest BCUT2D eigenvalue weighted by Gasteiger charge is 2.37. The van der Waals surface area contributed by atoms with Gasteiger partial charge in [0.05, 0.1) is 69.5 Å². The summed E-state index contributed by atoms with van der Waals surface area (Å²) in [7, 11) is 3.04. The Hall–Kier alpha value is -3.94. The van der Waals surface area contributed by atoms with E-state index in [9.17, 15) is 35.9 Å². The van der Waals surface area contributed by atoms with Gasteiger partial charge in [-0.1, -0.05) is 6.07 Å². The predicted molar refractivity (Wildman–Crippen MR) is 164 cm³/mol. The first kappa shape index (κ1) is 39.5. The number of fused-ring (bicyclic) bond motifs is 1. The topological polar surface area (TPSA) is 139 Å². The van der Waals surface area contributed by atoms with Gasteiger partial charge in [-0.05, 0) is 47.9 Å². The summed E-state index contributed by atoms with van der Waals surface area (Å²) in [6.07, 6.45) is -10.1. The fourth-order valence-corrected chi connectivity index (χ4v) is 4.34. The van der Waals surface area contributed by atoms with Crippen molar-refractivity contribution in [3.63, 3.8) is 0 Å². The van der Waals surface area contributed by atoms with Crippen LogP contribution in [0.2, 0.25) is 0 Å². The average Bonchev–Trinajstić information content (AvgIpc) is 3.03. The molecule has 49 heavy (non-hydrogen) atoms. The van der Waals surface area contributed by atoms with Crippen molar-refractivity contribution in [2.75, 3.05) is 90.9 Å². The van der Waals surface area contributed by atoms with Gasteiger partial charge in [0.1, 0.15) is 19.0 Å². The quantitative estimate of drug-likeness (QED) is 0.131. The summed E-state index contributed by atoms with van der Waals surface area (Å²) in [6, 6.07) is 3.84. The zero-order chi connectivity index (χ0) is 36.0. The van der Waals surface area contributed by atoms with Crippen molar-refractivity contribution in [3.8, 4) is 11.1 Å². The van der Waals surface area contributed by atoms with E-state index in [0.29, 0.717) is 38.6 Å². The molecule has 0 atom stereocenters. The molecule has 2 N–H and O–H groups in total. The molecule has 3 aromatic rings. The molecule has 2 amide bonds. The van der Waals surface area contributed by atoms with E-state index >= 15 is 0 Å². The first-order valence-corrected chi connectivity index (χ1v) is 14.7. The second kappa shape index (κ2) is 18.7. The second-order valence-corrected chi connectivity index (χ2v) is 10.2. The molecule has 3 rings (SSSR count). The number of rotatable bonds is 19. The molecule has 0 bridgehead atoms. The molecule has 0 fully saturated rings. The van der Waals surface area contributed by atoms with Crippen LogP contribution in [0.25, 0.3) is 22.0 Å². The summed E-state index contributed by atoms with van der Waals surface area (Å²) >= 11 is 0. The minimum Gasteiger partial charge on any atom is -0.382 e. The van der Waals surface area contributed by atoms with Gasteiger partial charge in [0.2, 0.25) is 5.95 Å². The van der Waals surface area contributed by atoms with Crippen LogP contribution in [0.3, 0.4) is 0 Å². The highest BCUT2D eigenvalue weighted by atomic mass is 19.4. The number of carbonyl (C=O) groups is 2. The van der Waals surface area contributed by atoms with Crippen LogP contribution in [-0.4, -0.2) is 102 Å². The molecule has 0 radical (unpaired) electrons. The van der Waals surface area contributed by atoms with Crippen LogP contribution >= 0.6 is 0 Å². The number of aryl methyl sites for hydroxylation is 1. The lowest BCUT2D eigenvalue weighted by molar-refractivity contribution is -0.143. The summed E-state index contributed by atoms with van der Waals surface area (Å²) in [5.41, 5.74) is -3.10. The molecule has 12 nitrogen and oxygen atoms in total. The third-order valence-corrected chi connectivity index (χ3v) is 6.61. The molecule has 0 unspecified atom stereocenters. The van der Waals surface area contributed by atoms with E-state index < -0.39 is 48.5 Å². The van der Waals surface area contributed by atoms with Crippen molar-refractivity contribution in [3.05, 3.63) is 47.0 Å². The third-order valence-electron chi connectivity index (χ3n) is 6.61. The summed E-state index contributed by atoms with van der Waals surface area (Å²) in [5.74, 6) is -1.79.